The minimum Gasteiger partial charge on any atom is -0.279 e. The van der Waals surface area contributed by atoms with Gasteiger partial charge in [0.15, 0.2) is 0 Å². The molecule has 0 rings (SSSR count). The van der Waals surface area contributed by atoms with Gasteiger partial charge in [-0.25, -0.2) is 0 Å². The van der Waals surface area contributed by atoms with Crippen molar-refractivity contribution in [2.45, 2.75) is 6.92 Å². The quantitative estimate of drug-likeness (QED) is 0.330. The molecule has 0 aliphatic carbocycles. The average molecular weight is 110 g/mol. The summed E-state index contributed by atoms with van der Waals surface area (Å²) >= 11 is 0. The molecule has 0 spiro atoms. The zero-order valence-electron chi connectivity index (χ0n) is 5.02. The maximum Gasteiger partial charge on any atom is 0.0483 e. The van der Waals surface area contributed by atoms with Gasteiger partial charge >= 0.3 is 0 Å². The van der Waals surface area contributed by atoms with Crippen LogP contribution in [0, 0.1) is 0 Å². The molecule has 0 heterocycles. The van der Waals surface area contributed by atoms with Crippen LogP contribution in [0.25, 0.3) is 0 Å². The van der Waals surface area contributed by atoms with Crippen molar-refractivity contribution in [3.05, 3.63) is 24.9 Å². The summed E-state index contributed by atoms with van der Waals surface area (Å²) in [4.78, 5) is 0. The fraction of sp³-hybridized carbons (Fsp3) is 0.167. The second-order valence-electron chi connectivity index (χ2n) is 1.23. The van der Waals surface area contributed by atoms with Gasteiger partial charge in [0.05, 0.1) is 0 Å². The Balaban J connectivity index is 3.39. The Labute approximate surface area is 49.6 Å². The molecular weight excluding hydrogens is 100 g/mol. The third-order valence-corrected chi connectivity index (χ3v) is 0.584. The maximum absolute atomic E-state index is 3.70. The van der Waals surface area contributed by atoms with Crippen molar-refractivity contribution in [1.82, 2.24) is 5.43 Å². The molecule has 44 valence electrons. The van der Waals surface area contributed by atoms with Crippen LogP contribution >= 0.6 is 0 Å². The summed E-state index contributed by atoms with van der Waals surface area (Å²) in [5.41, 5.74) is 3.35. The van der Waals surface area contributed by atoms with E-state index in [0.717, 1.165) is 0 Å². The number of hydrogen-bond acceptors (Lipinski definition) is 2. The van der Waals surface area contributed by atoms with Gasteiger partial charge < -0.3 is 0 Å². The first-order valence-corrected chi connectivity index (χ1v) is 2.36. The summed E-state index contributed by atoms with van der Waals surface area (Å²) in [7, 11) is 0. The molecule has 2 nitrogen and oxygen atoms in total. The number of rotatable bonds is 3. The van der Waals surface area contributed by atoms with Crippen molar-refractivity contribution >= 4 is 6.21 Å². The molecule has 0 amide bonds. The fourth-order valence-corrected chi connectivity index (χ4v) is 0.193. The smallest absolute Gasteiger partial charge is 0.0483 e. The van der Waals surface area contributed by atoms with Crippen molar-refractivity contribution < 1.29 is 0 Å². The van der Waals surface area contributed by atoms with Crippen molar-refractivity contribution in [2.24, 2.45) is 5.10 Å². The molecule has 0 aliphatic heterocycles. The zero-order valence-corrected chi connectivity index (χ0v) is 5.02. The highest BCUT2D eigenvalue weighted by molar-refractivity contribution is 5.52. The summed E-state index contributed by atoms with van der Waals surface area (Å²) < 4.78 is 0. The number of nitrogens with zero attached hydrogens (tertiary/aromatic N) is 1. The van der Waals surface area contributed by atoms with Gasteiger partial charge in [-0.15, -0.1) is 0 Å². The number of allylic oxidation sites excluding steroid dienone is 1. The van der Waals surface area contributed by atoms with E-state index in [1.807, 2.05) is 6.92 Å². The Bertz CT molecular complexity index is 114. The van der Waals surface area contributed by atoms with Crippen LogP contribution in [0.15, 0.2) is 30.0 Å². The molecule has 0 saturated heterocycles. The number of nitrogens with one attached hydrogen (secondary N) is 1. The number of hydrazone groups is 1. The van der Waals surface area contributed by atoms with Crippen molar-refractivity contribution in [2.75, 3.05) is 0 Å². The Hall–Kier alpha value is -1.05. The third-order valence-electron chi connectivity index (χ3n) is 0.584. The zero-order chi connectivity index (χ0) is 6.41. The van der Waals surface area contributed by atoms with Crippen LogP contribution in [-0.2, 0) is 0 Å². The molecule has 0 aromatic rings. The minimum atomic E-state index is 0.711. The highest BCUT2D eigenvalue weighted by Gasteiger charge is 1.74. The molecule has 0 saturated carbocycles. The van der Waals surface area contributed by atoms with Crippen LogP contribution < -0.4 is 5.43 Å². The van der Waals surface area contributed by atoms with Gasteiger partial charge in [-0.1, -0.05) is 13.2 Å². The van der Waals surface area contributed by atoms with Crippen LogP contribution in [0.3, 0.4) is 0 Å². The van der Waals surface area contributed by atoms with Gasteiger partial charge in [0.25, 0.3) is 0 Å². The molecule has 8 heavy (non-hydrogen) atoms. The molecule has 0 aromatic heterocycles. The number of hydrogen-bond donors (Lipinski definition) is 1. The van der Waals surface area contributed by atoms with E-state index in [1.54, 1.807) is 12.3 Å². The molecule has 0 unspecified atom stereocenters. The van der Waals surface area contributed by atoms with Crippen LogP contribution in [0.1, 0.15) is 6.92 Å². The molecular formula is C6H10N2. The molecule has 0 aliphatic rings. The van der Waals surface area contributed by atoms with Crippen LogP contribution in [0.5, 0.6) is 0 Å². The van der Waals surface area contributed by atoms with E-state index in [2.05, 4.69) is 23.7 Å². The lowest BCUT2D eigenvalue weighted by molar-refractivity contribution is 0.929. The van der Waals surface area contributed by atoms with E-state index < -0.39 is 0 Å². The molecule has 0 atom stereocenters. The van der Waals surface area contributed by atoms with Gasteiger partial charge in [-0.3, -0.25) is 5.43 Å². The largest absolute Gasteiger partial charge is 0.279 e. The lowest BCUT2D eigenvalue weighted by atomic mass is 10.5. The highest BCUT2D eigenvalue weighted by Crippen LogP contribution is 1.80. The van der Waals surface area contributed by atoms with Gasteiger partial charge in [0, 0.05) is 11.9 Å². The predicted octanol–water partition coefficient (Wildman–Crippen LogP) is 1.28. The van der Waals surface area contributed by atoms with E-state index >= 15 is 0 Å². The Morgan fingerprint density at radius 2 is 2.38 bits per heavy atom. The van der Waals surface area contributed by atoms with Crippen molar-refractivity contribution in [1.29, 1.82) is 0 Å². The first kappa shape index (κ1) is 6.95. The third kappa shape index (κ3) is 3.15. The minimum absolute atomic E-state index is 0.711. The Morgan fingerprint density at radius 3 is 2.75 bits per heavy atom. The molecule has 0 radical (unpaired) electrons. The standard InChI is InChI=1S/C6H10N2/c1-4-6(3)8-7-5-2/h4-5,8H,1,3H2,2H3/b7-5-. The summed E-state index contributed by atoms with van der Waals surface area (Å²) in [6.07, 6.45) is 3.25. The predicted molar refractivity (Wildman–Crippen MR) is 36.6 cm³/mol. The monoisotopic (exact) mass is 110 g/mol. The topological polar surface area (TPSA) is 24.4 Å². The van der Waals surface area contributed by atoms with Crippen LogP contribution in [-0.4, -0.2) is 6.21 Å². The summed E-state index contributed by atoms with van der Waals surface area (Å²) in [5.74, 6) is 0. The van der Waals surface area contributed by atoms with Crippen LogP contribution in [0.2, 0.25) is 0 Å². The summed E-state index contributed by atoms with van der Waals surface area (Å²) in [6, 6.07) is 0. The van der Waals surface area contributed by atoms with Crippen molar-refractivity contribution in [3.8, 4) is 0 Å². The summed E-state index contributed by atoms with van der Waals surface area (Å²) in [5, 5.41) is 3.70. The van der Waals surface area contributed by atoms with Crippen LogP contribution in [0.4, 0.5) is 0 Å². The molecule has 2 heteroatoms. The fourth-order valence-electron chi connectivity index (χ4n) is 0.193. The molecule has 0 fully saturated rings. The van der Waals surface area contributed by atoms with E-state index in [-0.39, 0.29) is 0 Å². The molecule has 1 N–H and O–H groups in total. The van der Waals surface area contributed by atoms with E-state index in [0.29, 0.717) is 5.70 Å². The van der Waals surface area contributed by atoms with Gasteiger partial charge in [-0.05, 0) is 13.0 Å². The van der Waals surface area contributed by atoms with E-state index in [4.69, 9.17) is 0 Å². The van der Waals surface area contributed by atoms with Gasteiger partial charge in [0.2, 0.25) is 0 Å². The van der Waals surface area contributed by atoms with Gasteiger partial charge in [0.1, 0.15) is 0 Å². The second-order valence-corrected chi connectivity index (χ2v) is 1.23. The normalized spacial score (nSPS) is 9.12. The average Bonchev–Trinajstić information content (AvgIpc) is 1.83. The molecule has 0 bridgehead atoms. The molecule has 0 aromatic carbocycles. The lowest BCUT2D eigenvalue weighted by Gasteiger charge is -1.92. The maximum atomic E-state index is 3.70. The Kier molecular flexibility index (Phi) is 3.58. The highest BCUT2D eigenvalue weighted by atomic mass is 15.3. The van der Waals surface area contributed by atoms with E-state index in [9.17, 15) is 0 Å². The lowest BCUT2D eigenvalue weighted by Crippen LogP contribution is -1.99. The first-order valence-electron chi connectivity index (χ1n) is 2.36. The Morgan fingerprint density at radius 1 is 1.75 bits per heavy atom. The second kappa shape index (κ2) is 4.12. The summed E-state index contributed by atoms with van der Waals surface area (Å²) in [6.45, 7) is 8.87. The van der Waals surface area contributed by atoms with Gasteiger partial charge in [-0.2, -0.15) is 5.10 Å². The van der Waals surface area contributed by atoms with Crippen molar-refractivity contribution in [3.63, 3.8) is 0 Å². The SMILES string of the molecule is C=CC(=C)N/N=C\C. The first-order chi connectivity index (χ1) is 3.81. The van der Waals surface area contributed by atoms with E-state index in [1.165, 1.54) is 0 Å².